The van der Waals surface area contributed by atoms with Crippen LogP contribution in [0, 0.1) is 6.92 Å². The van der Waals surface area contributed by atoms with Crippen molar-refractivity contribution in [2.45, 2.75) is 27.2 Å². The van der Waals surface area contributed by atoms with Crippen molar-refractivity contribution in [1.82, 2.24) is 0 Å². The van der Waals surface area contributed by atoms with Crippen LogP contribution in [0.2, 0.25) is 0 Å². The van der Waals surface area contributed by atoms with E-state index in [1.54, 1.807) is 0 Å². The molecule has 0 amide bonds. The molecular weight excluding hydrogens is 336 g/mol. The maximum Gasteiger partial charge on any atom is 0.203 e. The lowest BCUT2D eigenvalue weighted by molar-refractivity contribution is 0.275. The fourth-order valence-electron chi connectivity index (χ4n) is 3.98. The molecule has 0 bridgehead atoms. The molecule has 0 spiro atoms. The molecule has 0 aromatic heterocycles. The predicted molar refractivity (Wildman–Crippen MR) is 109 cm³/mol. The summed E-state index contributed by atoms with van der Waals surface area (Å²) >= 11 is 0. The van der Waals surface area contributed by atoms with Gasteiger partial charge in [-0.05, 0) is 72.7 Å². The molecule has 0 fully saturated rings. The van der Waals surface area contributed by atoms with E-state index in [4.69, 9.17) is 9.47 Å². The van der Waals surface area contributed by atoms with Gasteiger partial charge in [-0.1, -0.05) is 36.4 Å². The van der Waals surface area contributed by atoms with Crippen LogP contribution in [0.3, 0.4) is 0 Å². The molecule has 4 rings (SSSR count). The highest BCUT2D eigenvalue weighted by Crippen LogP contribution is 2.50. The third kappa shape index (κ3) is 2.84. The van der Waals surface area contributed by atoms with Crippen LogP contribution in [0.5, 0.6) is 17.2 Å². The van der Waals surface area contributed by atoms with E-state index in [1.165, 1.54) is 22.3 Å². The van der Waals surface area contributed by atoms with Gasteiger partial charge in [-0.3, -0.25) is 0 Å². The maximum atomic E-state index is 11.1. The molecule has 0 aliphatic heterocycles. The molecule has 0 saturated heterocycles. The molecular formula is C24H24O3. The van der Waals surface area contributed by atoms with Gasteiger partial charge < -0.3 is 14.6 Å². The molecule has 0 saturated carbocycles. The summed E-state index contributed by atoms with van der Waals surface area (Å²) in [5, 5.41) is 11.1. The number of hydrogen-bond donors (Lipinski definition) is 1. The van der Waals surface area contributed by atoms with Gasteiger partial charge in [0, 0.05) is 5.56 Å². The summed E-state index contributed by atoms with van der Waals surface area (Å²) in [6.45, 7) is 6.90. The Morgan fingerprint density at radius 3 is 2.37 bits per heavy atom. The number of phenolic OH excluding ortho intramolecular Hbond substituents is 1. The number of aryl methyl sites for hydroxylation is 1. The topological polar surface area (TPSA) is 38.7 Å². The highest BCUT2D eigenvalue weighted by Gasteiger charge is 2.26. The quantitative estimate of drug-likeness (QED) is 0.493. The summed E-state index contributed by atoms with van der Waals surface area (Å²) < 4.78 is 11.4. The van der Waals surface area contributed by atoms with Gasteiger partial charge in [0.1, 0.15) is 0 Å². The fourth-order valence-corrected chi connectivity index (χ4v) is 3.98. The monoisotopic (exact) mass is 360 g/mol. The second-order valence-electron chi connectivity index (χ2n) is 6.78. The minimum atomic E-state index is 0.142. The van der Waals surface area contributed by atoms with Crippen molar-refractivity contribution in [2.75, 3.05) is 13.2 Å². The van der Waals surface area contributed by atoms with Crippen molar-refractivity contribution in [3.8, 4) is 39.5 Å². The first-order valence-electron chi connectivity index (χ1n) is 9.48. The number of phenols is 1. The van der Waals surface area contributed by atoms with E-state index in [-0.39, 0.29) is 5.75 Å². The van der Waals surface area contributed by atoms with Crippen molar-refractivity contribution < 1.29 is 14.6 Å². The van der Waals surface area contributed by atoms with Crippen LogP contribution in [0.25, 0.3) is 22.3 Å². The Labute approximate surface area is 160 Å². The lowest BCUT2D eigenvalue weighted by atomic mass is 9.90. The summed E-state index contributed by atoms with van der Waals surface area (Å²) in [5.41, 5.74) is 8.07. The van der Waals surface area contributed by atoms with Crippen LogP contribution < -0.4 is 9.47 Å². The normalized spacial score (nSPS) is 11.8. The van der Waals surface area contributed by atoms with E-state index in [0.29, 0.717) is 24.7 Å². The zero-order valence-corrected chi connectivity index (χ0v) is 16.0. The molecule has 0 radical (unpaired) electrons. The van der Waals surface area contributed by atoms with Gasteiger partial charge >= 0.3 is 0 Å². The summed E-state index contributed by atoms with van der Waals surface area (Å²) in [6, 6.07) is 16.7. The summed E-state index contributed by atoms with van der Waals surface area (Å²) in [7, 11) is 0. The van der Waals surface area contributed by atoms with Gasteiger partial charge in [0.25, 0.3) is 0 Å². The van der Waals surface area contributed by atoms with E-state index in [2.05, 4.69) is 43.3 Å². The van der Waals surface area contributed by atoms with Crippen LogP contribution in [0.4, 0.5) is 0 Å². The number of fused-ring (bicyclic) bond motifs is 3. The van der Waals surface area contributed by atoms with Crippen LogP contribution in [-0.4, -0.2) is 18.3 Å². The summed E-state index contributed by atoms with van der Waals surface area (Å²) in [6.07, 6.45) is 0.925. The van der Waals surface area contributed by atoms with Crippen molar-refractivity contribution in [3.05, 3.63) is 65.2 Å². The molecule has 27 heavy (non-hydrogen) atoms. The minimum absolute atomic E-state index is 0.142. The highest BCUT2D eigenvalue weighted by molar-refractivity contribution is 5.94. The Balaban J connectivity index is 1.97. The van der Waals surface area contributed by atoms with Crippen molar-refractivity contribution in [1.29, 1.82) is 0 Å². The maximum absolute atomic E-state index is 11.1. The fraction of sp³-hybridized carbons (Fsp3) is 0.250. The Morgan fingerprint density at radius 2 is 1.59 bits per heavy atom. The van der Waals surface area contributed by atoms with E-state index in [0.717, 1.165) is 23.1 Å². The Bertz CT molecular complexity index is 1000. The van der Waals surface area contributed by atoms with E-state index in [1.807, 2.05) is 26.0 Å². The Morgan fingerprint density at radius 1 is 0.815 bits per heavy atom. The smallest absolute Gasteiger partial charge is 0.203 e. The molecule has 0 unspecified atom stereocenters. The highest BCUT2D eigenvalue weighted by atomic mass is 16.5. The van der Waals surface area contributed by atoms with E-state index < -0.39 is 0 Å². The summed E-state index contributed by atoms with van der Waals surface area (Å²) in [5.74, 6) is 1.13. The molecule has 0 heterocycles. The zero-order chi connectivity index (χ0) is 19.0. The predicted octanol–water partition coefficient (Wildman–Crippen LogP) is 5.74. The van der Waals surface area contributed by atoms with E-state index in [9.17, 15) is 5.11 Å². The average molecular weight is 360 g/mol. The Hall–Kier alpha value is -2.94. The molecule has 3 nitrogen and oxygen atoms in total. The second kappa shape index (κ2) is 6.99. The van der Waals surface area contributed by atoms with E-state index >= 15 is 0 Å². The molecule has 1 N–H and O–H groups in total. The van der Waals surface area contributed by atoms with Crippen LogP contribution in [0.1, 0.15) is 30.5 Å². The van der Waals surface area contributed by atoms with Gasteiger partial charge in [-0.15, -0.1) is 0 Å². The lowest BCUT2D eigenvalue weighted by Gasteiger charge is -2.18. The molecule has 1 aliphatic carbocycles. The summed E-state index contributed by atoms with van der Waals surface area (Å²) in [4.78, 5) is 0. The molecule has 3 aromatic carbocycles. The number of benzene rings is 3. The average Bonchev–Trinajstić information content (AvgIpc) is 3.04. The molecule has 1 aliphatic rings. The molecule has 138 valence electrons. The first-order chi connectivity index (χ1) is 13.2. The largest absolute Gasteiger partial charge is 0.504 e. The second-order valence-corrected chi connectivity index (χ2v) is 6.78. The number of hydrogen-bond acceptors (Lipinski definition) is 3. The van der Waals surface area contributed by atoms with Gasteiger partial charge in [-0.25, -0.2) is 0 Å². The lowest BCUT2D eigenvalue weighted by Crippen LogP contribution is -2.00. The van der Waals surface area contributed by atoms with Crippen molar-refractivity contribution in [3.63, 3.8) is 0 Å². The van der Waals surface area contributed by atoms with Gasteiger partial charge in [-0.2, -0.15) is 0 Å². The number of ether oxygens (including phenoxy) is 2. The van der Waals surface area contributed by atoms with Crippen LogP contribution >= 0.6 is 0 Å². The zero-order valence-electron chi connectivity index (χ0n) is 16.0. The first kappa shape index (κ1) is 17.5. The molecule has 3 aromatic rings. The van der Waals surface area contributed by atoms with Crippen molar-refractivity contribution in [2.24, 2.45) is 0 Å². The van der Waals surface area contributed by atoms with Crippen molar-refractivity contribution >= 4 is 0 Å². The SMILES string of the molecule is CCOc1ccc(-c2c(C)ccc3c2-c2ccccc2C3)c(O)c1OCC. The molecule has 0 atom stereocenters. The van der Waals surface area contributed by atoms with Gasteiger partial charge in [0.2, 0.25) is 5.75 Å². The van der Waals surface area contributed by atoms with Gasteiger partial charge in [0.05, 0.1) is 13.2 Å². The first-order valence-corrected chi connectivity index (χ1v) is 9.48. The minimum Gasteiger partial charge on any atom is -0.504 e. The van der Waals surface area contributed by atoms with Crippen LogP contribution in [0.15, 0.2) is 48.5 Å². The van der Waals surface area contributed by atoms with Gasteiger partial charge in [0.15, 0.2) is 11.5 Å². The number of aromatic hydroxyl groups is 1. The Kier molecular flexibility index (Phi) is 4.53. The standard InChI is InChI=1S/C24H24O3/c1-4-26-20-13-12-19(23(25)24(20)27-5-2)21-15(3)10-11-17-14-16-8-6-7-9-18(16)22(17)21/h6-13,25H,4-5,14H2,1-3H3. The third-order valence-electron chi connectivity index (χ3n) is 5.12. The molecule has 3 heteroatoms. The van der Waals surface area contributed by atoms with Crippen LogP contribution in [-0.2, 0) is 6.42 Å². The number of rotatable bonds is 5. The third-order valence-corrected chi connectivity index (χ3v) is 5.12.